The number of aliphatic carboxylic acids is 2. The van der Waals surface area contributed by atoms with Crippen LogP contribution in [0.15, 0.2) is 151 Å². The predicted octanol–water partition coefficient (Wildman–Crippen LogP) is 11.3. The van der Waals surface area contributed by atoms with E-state index in [-0.39, 0.29) is 11.4 Å². The van der Waals surface area contributed by atoms with Gasteiger partial charge in [0.05, 0.1) is 13.1 Å². The number of carboxylic acids is 2. The molecule has 0 amide bonds. The topological polar surface area (TPSA) is 86.6 Å². The fourth-order valence-corrected chi connectivity index (χ4v) is 5.62. The molecular formula is C46H31N3O4. The van der Waals surface area contributed by atoms with E-state index in [1.165, 1.54) is 12.2 Å². The normalized spacial score (nSPS) is 11.7. The zero-order valence-electron chi connectivity index (χ0n) is 28.3. The lowest BCUT2D eigenvalue weighted by Gasteiger charge is -2.26. The van der Waals surface area contributed by atoms with E-state index in [9.17, 15) is 9.59 Å². The zero-order valence-corrected chi connectivity index (χ0v) is 28.3. The first-order valence-electron chi connectivity index (χ1n) is 16.5. The molecule has 7 heteroatoms. The summed E-state index contributed by atoms with van der Waals surface area (Å²) >= 11 is 0. The standard InChI is InChI=1S/C46H31N3O4/c1-47-43(45(50)51)29-36-15-11-32(12-16-36)7-9-34-19-24-40(25-20-34)49(42-28-23-38-5-3-4-6-39(38)31-42)41-26-21-35(22-27-41)10-8-33-13-17-37(18-14-33)30-44(48-2)46(52)53/h3-31H,(H,50,51)(H,52,53)/b9-7+,10-8+,43-29-,44-30-. The summed E-state index contributed by atoms with van der Waals surface area (Å²) in [6, 6.07) is 46.0. The number of rotatable bonds is 11. The predicted molar refractivity (Wildman–Crippen MR) is 214 cm³/mol. The van der Waals surface area contributed by atoms with Crippen LogP contribution in [0.3, 0.4) is 0 Å². The summed E-state index contributed by atoms with van der Waals surface area (Å²) in [6.45, 7) is 14.1. The second-order valence-corrected chi connectivity index (χ2v) is 11.9. The molecule has 0 aliphatic carbocycles. The monoisotopic (exact) mass is 689 g/mol. The van der Waals surface area contributed by atoms with Crippen molar-refractivity contribution in [3.63, 3.8) is 0 Å². The minimum absolute atomic E-state index is 0.328. The van der Waals surface area contributed by atoms with E-state index in [4.69, 9.17) is 23.4 Å². The van der Waals surface area contributed by atoms with E-state index >= 15 is 0 Å². The fraction of sp³-hybridized carbons (Fsp3) is 0. The molecule has 0 saturated carbocycles. The largest absolute Gasteiger partial charge is 0.486 e. The van der Waals surface area contributed by atoms with Crippen LogP contribution in [0.1, 0.15) is 33.4 Å². The molecule has 0 aliphatic rings. The van der Waals surface area contributed by atoms with Crippen molar-refractivity contribution in [3.8, 4) is 0 Å². The molecule has 0 heterocycles. The van der Waals surface area contributed by atoms with E-state index in [2.05, 4.69) is 93.5 Å². The molecule has 0 aromatic heterocycles. The molecule has 53 heavy (non-hydrogen) atoms. The maximum absolute atomic E-state index is 11.2. The average Bonchev–Trinajstić information content (AvgIpc) is 3.19. The second kappa shape index (κ2) is 16.3. The molecule has 0 unspecified atom stereocenters. The Balaban J connectivity index is 1.23. The Bertz CT molecular complexity index is 2360. The van der Waals surface area contributed by atoms with Gasteiger partial charge >= 0.3 is 11.9 Å². The SMILES string of the molecule is [C-]#[N+]/C(=C\c1ccc(/C=C/c2ccc(N(c3ccc(/C=C/c4ccc(/C=C(\[N+]#[C-])C(=O)O)cc4)cc3)c3ccc4ccccc4c3)cc2)cc1)C(=O)O. The van der Waals surface area contributed by atoms with Gasteiger partial charge in [0.1, 0.15) is 0 Å². The summed E-state index contributed by atoms with van der Waals surface area (Å²) in [5.41, 5.74) is 7.54. The fourth-order valence-electron chi connectivity index (χ4n) is 5.62. The Kier molecular flexibility index (Phi) is 10.8. The third kappa shape index (κ3) is 8.90. The molecule has 0 atom stereocenters. The summed E-state index contributed by atoms with van der Waals surface area (Å²) in [5.74, 6) is -2.49. The van der Waals surface area contributed by atoms with Gasteiger partial charge in [0, 0.05) is 17.1 Å². The van der Waals surface area contributed by atoms with Gasteiger partial charge < -0.3 is 15.1 Å². The highest BCUT2D eigenvalue weighted by atomic mass is 16.4. The highest BCUT2D eigenvalue weighted by molar-refractivity contribution is 5.95. The van der Waals surface area contributed by atoms with Crippen molar-refractivity contribution in [2.75, 3.05) is 4.90 Å². The molecule has 6 aromatic carbocycles. The number of fused-ring (bicyclic) bond motifs is 1. The number of hydrogen-bond acceptors (Lipinski definition) is 3. The first kappa shape index (κ1) is 35.1. The van der Waals surface area contributed by atoms with Crippen LogP contribution in [-0.4, -0.2) is 22.2 Å². The van der Waals surface area contributed by atoms with Crippen LogP contribution in [0.4, 0.5) is 17.1 Å². The van der Waals surface area contributed by atoms with Crippen molar-refractivity contribution >= 4 is 76.2 Å². The minimum Gasteiger partial charge on any atom is -0.486 e. The number of nitrogens with zero attached hydrogens (tertiary/aromatic N) is 3. The van der Waals surface area contributed by atoms with Crippen LogP contribution in [0.25, 0.3) is 56.9 Å². The Hall–Kier alpha value is -7.74. The third-order valence-corrected chi connectivity index (χ3v) is 8.39. The van der Waals surface area contributed by atoms with E-state index < -0.39 is 11.9 Å². The zero-order chi connectivity index (χ0) is 37.2. The van der Waals surface area contributed by atoms with Crippen LogP contribution < -0.4 is 4.90 Å². The molecule has 0 fully saturated rings. The maximum Gasteiger partial charge on any atom is 0.333 e. The van der Waals surface area contributed by atoms with Crippen LogP contribution in [-0.2, 0) is 9.59 Å². The molecule has 6 aromatic rings. The summed E-state index contributed by atoms with van der Waals surface area (Å²) in [6.07, 6.45) is 10.7. The summed E-state index contributed by atoms with van der Waals surface area (Å²) in [7, 11) is 0. The van der Waals surface area contributed by atoms with Gasteiger partial charge in [-0.15, -0.1) is 0 Å². The Morgan fingerprint density at radius 3 is 1.17 bits per heavy atom. The number of anilines is 3. The first-order chi connectivity index (χ1) is 25.8. The quantitative estimate of drug-likeness (QED) is 0.0803. The lowest BCUT2D eigenvalue weighted by Crippen LogP contribution is -2.09. The van der Waals surface area contributed by atoms with Gasteiger partial charge in [-0.3, -0.25) is 9.59 Å². The van der Waals surface area contributed by atoms with E-state index in [1.807, 2.05) is 60.7 Å². The second-order valence-electron chi connectivity index (χ2n) is 11.9. The summed E-state index contributed by atoms with van der Waals surface area (Å²) in [4.78, 5) is 30.6. The van der Waals surface area contributed by atoms with Gasteiger partial charge in [-0.1, -0.05) is 127 Å². The molecule has 0 saturated heterocycles. The van der Waals surface area contributed by atoms with Crippen molar-refractivity contribution in [3.05, 3.63) is 207 Å². The molecule has 6 rings (SSSR count). The van der Waals surface area contributed by atoms with Gasteiger partial charge in [0.15, 0.2) is 0 Å². The van der Waals surface area contributed by atoms with Gasteiger partial charge in [0.25, 0.3) is 11.4 Å². The van der Waals surface area contributed by atoms with E-state index in [0.29, 0.717) is 11.1 Å². The molecule has 0 radical (unpaired) electrons. The summed E-state index contributed by atoms with van der Waals surface area (Å²) < 4.78 is 0. The molecule has 254 valence electrons. The first-order valence-corrected chi connectivity index (χ1v) is 16.5. The lowest BCUT2D eigenvalue weighted by molar-refractivity contribution is -0.133. The number of benzene rings is 6. The van der Waals surface area contributed by atoms with Crippen LogP contribution >= 0.6 is 0 Å². The van der Waals surface area contributed by atoms with Gasteiger partial charge in [0.2, 0.25) is 0 Å². The van der Waals surface area contributed by atoms with Crippen LogP contribution in [0.2, 0.25) is 0 Å². The highest BCUT2D eigenvalue weighted by Crippen LogP contribution is 2.36. The number of carboxylic acid groups (broad SMARTS) is 2. The Morgan fingerprint density at radius 1 is 0.453 bits per heavy atom. The molecule has 0 bridgehead atoms. The van der Waals surface area contributed by atoms with Crippen molar-refractivity contribution in [1.29, 1.82) is 0 Å². The Morgan fingerprint density at radius 2 is 0.792 bits per heavy atom. The Labute approximate surface area is 307 Å². The van der Waals surface area contributed by atoms with Crippen molar-refractivity contribution in [2.45, 2.75) is 0 Å². The van der Waals surface area contributed by atoms with Crippen molar-refractivity contribution < 1.29 is 19.8 Å². The van der Waals surface area contributed by atoms with E-state index in [1.54, 1.807) is 24.3 Å². The van der Waals surface area contributed by atoms with Crippen molar-refractivity contribution in [2.24, 2.45) is 0 Å². The average molecular weight is 690 g/mol. The summed E-state index contributed by atoms with van der Waals surface area (Å²) in [5, 5.41) is 20.5. The third-order valence-electron chi connectivity index (χ3n) is 8.39. The van der Waals surface area contributed by atoms with Gasteiger partial charge in [-0.2, -0.15) is 0 Å². The maximum atomic E-state index is 11.2. The smallest absolute Gasteiger partial charge is 0.333 e. The van der Waals surface area contributed by atoms with E-state index in [0.717, 1.165) is 50.1 Å². The highest BCUT2D eigenvalue weighted by Gasteiger charge is 2.13. The van der Waals surface area contributed by atoms with Gasteiger partial charge in [-0.25, -0.2) is 9.69 Å². The molecule has 0 aliphatic heterocycles. The molecular weight excluding hydrogens is 659 g/mol. The molecule has 7 nitrogen and oxygen atoms in total. The lowest BCUT2D eigenvalue weighted by atomic mass is 10.1. The minimum atomic E-state index is -1.25. The van der Waals surface area contributed by atoms with Crippen LogP contribution in [0, 0.1) is 13.1 Å². The van der Waals surface area contributed by atoms with Crippen LogP contribution in [0.5, 0.6) is 0 Å². The number of carbonyl (C=O) groups is 2. The van der Waals surface area contributed by atoms with Crippen molar-refractivity contribution in [1.82, 2.24) is 0 Å². The van der Waals surface area contributed by atoms with Gasteiger partial charge in [-0.05, 0) is 92.7 Å². The number of hydrogen-bond donors (Lipinski definition) is 2. The molecule has 0 spiro atoms. The molecule has 2 N–H and O–H groups in total.